The van der Waals surface area contributed by atoms with E-state index in [9.17, 15) is 0 Å². The van der Waals surface area contributed by atoms with Gasteiger partial charge in [0.15, 0.2) is 5.75 Å². The third kappa shape index (κ3) is 2.77. The molecule has 17 heavy (non-hydrogen) atoms. The molecule has 0 atom stereocenters. The van der Waals surface area contributed by atoms with Crippen LogP contribution in [-0.4, -0.2) is 27.1 Å². The van der Waals surface area contributed by atoms with Gasteiger partial charge in [-0.1, -0.05) is 18.2 Å². The van der Waals surface area contributed by atoms with Crippen molar-refractivity contribution in [1.29, 1.82) is 0 Å². The molecule has 2 rings (SSSR count). The maximum Gasteiger partial charge on any atom is 0.707 e. The number of ether oxygens (including phenoxy) is 1. The quantitative estimate of drug-likeness (QED) is 0.756. The summed E-state index contributed by atoms with van der Waals surface area (Å²) < 4.78 is 11.7. The van der Waals surface area contributed by atoms with Crippen LogP contribution in [0, 0.1) is 0 Å². The van der Waals surface area contributed by atoms with Gasteiger partial charge in [-0.15, -0.1) is 0 Å². The highest BCUT2D eigenvalue weighted by molar-refractivity contribution is 6.33. The minimum absolute atomic E-state index is 0.159. The summed E-state index contributed by atoms with van der Waals surface area (Å²) in [5.41, 5.74) is 0. The second-order valence-corrected chi connectivity index (χ2v) is 3.30. The Balaban J connectivity index is 2.23. The molecule has 0 aliphatic heterocycles. The fourth-order valence-electron chi connectivity index (χ4n) is 1.32. The molecule has 1 aromatic heterocycles. The number of nitrogens with zero attached hydrogens (tertiary/aromatic N) is 2. The van der Waals surface area contributed by atoms with Crippen LogP contribution in [0.25, 0.3) is 0 Å². The largest absolute Gasteiger partial charge is 0.707 e. The molecule has 1 aromatic carbocycles. The van der Waals surface area contributed by atoms with Crippen LogP contribution >= 0.6 is 0 Å². The summed E-state index contributed by atoms with van der Waals surface area (Å²) in [7, 11) is -0.244. The van der Waals surface area contributed by atoms with Crippen molar-refractivity contribution < 1.29 is 19.4 Å². The number of aryl methyl sites for hydroxylation is 1. The van der Waals surface area contributed by atoms with Gasteiger partial charge in [-0.05, 0) is 12.1 Å². The molecule has 2 aromatic rings. The number of hydrogen-bond acceptors (Lipinski definition) is 5. The summed E-state index contributed by atoms with van der Waals surface area (Å²) in [6.45, 7) is 0. The van der Waals surface area contributed by atoms with Crippen LogP contribution in [0.5, 0.6) is 17.4 Å². The highest BCUT2D eigenvalue weighted by Crippen LogP contribution is 2.30. The third-order valence-corrected chi connectivity index (χ3v) is 2.04. The van der Waals surface area contributed by atoms with E-state index in [0.717, 1.165) is 0 Å². The monoisotopic (exact) mass is 234 g/mol. The van der Waals surface area contributed by atoms with E-state index in [-0.39, 0.29) is 5.75 Å². The number of aromatic nitrogens is 2. The Morgan fingerprint density at radius 3 is 2.59 bits per heavy atom. The van der Waals surface area contributed by atoms with Crippen molar-refractivity contribution in [2.75, 3.05) is 0 Å². The minimum Gasteiger partial charge on any atom is -0.507 e. The second-order valence-electron chi connectivity index (χ2n) is 3.30. The van der Waals surface area contributed by atoms with Crippen molar-refractivity contribution in [2.45, 2.75) is 0 Å². The van der Waals surface area contributed by atoms with Crippen molar-refractivity contribution in [2.24, 2.45) is 7.05 Å². The fourth-order valence-corrected chi connectivity index (χ4v) is 1.32. The van der Waals surface area contributed by atoms with Gasteiger partial charge < -0.3 is 19.4 Å². The van der Waals surface area contributed by atoms with Crippen LogP contribution in [0.2, 0.25) is 0 Å². The van der Waals surface area contributed by atoms with Crippen molar-refractivity contribution >= 4 is 7.32 Å². The van der Waals surface area contributed by atoms with E-state index >= 15 is 0 Å². The predicted molar refractivity (Wildman–Crippen MR) is 60.5 cm³/mol. The highest BCUT2D eigenvalue weighted by atomic mass is 16.6. The standard InChI is InChI=1S/C10H11BN2O4/c1-13-10(9(7-12-13)17-11(14)15)16-8-5-3-2-4-6-8/h2-7,14-15H,1H3. The molecule has 0 amide bonds. The molecule has 1 heterocycles. The third-order valence-electron chi connectivity index (χ3n) is 2.04. The molecular formula is C10H11BN2O4. The Morgan fingerprint density at radius 2 is 1.94 bits per heavy atom. The lowest BCUT2D eigenvalue weighted by Gasteiger charge is -2.08. The van der Waals surface area contributed by atoms with Crippen LogP contribution < -0.4 is 9.39 Å². The lowest BCUT2D eigenvalue weighted by molar-refractivity contribution is 0.281. The van der Waals surface area contributed by atoms with E-state index in [2.05, 4.69) is 5.10 Å². The van der Waals surface area contributed by atoms with Crippen molar-refractivity contribution in [3.63, 3.8) is 0 Å². The van der Waals surface area contributed by atoms with Crippen molar-refractivity contribution in [3.8, 4) is 17.4 Å². The molecule has 0 spiro atoms. The average molecular weight is 234 g/mol. The lowest BCUT2D eigenvalue weighted by atomic mass is 10.2. The van der Waals surface area contributed by atoms with E-state index in [1.54, 1.807) is 19.2 Å². The number of rotatable bonds is 4. The number of benzene rings is 1. The molecule has 0 fully saturated rings. The van der Waals surface area contributed by atoms with Crippen LogP contribution in [0.3, 0.4) is 0 Å². The molecule has 6 nitrogen and oxygen atoms in total. The molecule has 0 unspecified atom stereocenters. The fraction of sp³-hybridized carbons (Fsp3) is 0.100. The van der Waals surface area contributed by atoms with Crippen molar-refractivity contribution in [1.82, 2.24) is 9.78 Å². The van der Waals surface area contributed by atoms with E-state index in [4.69, 9.17) is 19.4 Å². The van der Waals surface area contributed by atoms with Crippen LogP contribution in [0.1, 0.15) is 0 Å². The number of para-hydroxylation sites is 1. The van der Waals surface area contributed by atoms with E-state index in [1.165, 1.54) is 10.9 Å². The zero-order valence-corrected chi connectivity index (χ0v) is 9.15. The maximum atomic E-state index is 8.75. The molecule has 0 bridgehead atoms. The molecule has 0 saturated heterocycles. The zero-order chi connectivity index (χ0) is 12.3. The smallest absolute Gasteiger partial charge is 0.507 e. The van der Waals surface area contributed by atoms with Gasteiger partial charge in [0.1, 0.15) is 5.75 Å². The van der Waals surface area contributed by atoms with Crippen LogP contribution in [0.15, 0.2) is 36.5 Å². The van der Waals surface area contributed by atoms with Crippen LogP contribution in [0.4, 0.5) is 0 Å². The Labute approximate surface area is 98.2 Å². The first-order valence-corrected chi connectivity index (χ1v) is 4.94. The van der Waals surface area contributed by atoms with Gasteiger partial charge in [0.25, 0.3) is 5.88 Å². The Morgan fingerprint density at radius 1 is 1.24 bits per heavy atom. The van der Waals surface area contributed by atoms with Crippen LogP contribution in [-0.2, 0) is 7.05 Å². The van der Waals surface area contributed by atoms with Gasteiger partial charge in [0.05, 0.1) is 6.20 Å². The molecule has 0 saturated carbocycles. The molecule has 0 aliphatic rings. The summed E-state index contributed by atoms with van der Waals surface area (Å²) >= 11 is 0. The molecule has 2 N–H and O–H groups in total. The van der Waals surface area contributed by atoms with E-state index in [1.807, 2.05) is 18.2 Å². The van der Waals surface area contributed by atoms with E-state index < -0.39 is 7.32 Å². The molecule has 0 radical (unpaired) electrons. The molecule has 7 heteroatoms. The first kappa shape index (κ1) is 11.5. The van der Waals surface area contributed by atoms with Gasteiger partial charge >= 0.3 is 7.32 Å². The Bertz CT molecular complexity index is 486. The average Bonchev–Trinajstić information content (AvgIpc) is 2.62. The normalized spacial score (nSPS) is 10.1. The second kappa shape index (κ2) is 4.90. The Kier molecular flexibility index (Phi) is 3.31. The minimum atomic E-state index is -1.91. The maximum absolute atomic E-state index is 8.75. The first-order chi connectivity index (χ1) is 8.16. The predicted octanol–water partition coefficient (Wildman–Crippen LogP) is 0.561. The van der Waals surface area contributed by atoms with Crippen molar-refractivity contribution in [3.05, 3.63) is 36.5 Å². The Hall–Kier alpha value is -1.99. The van der Waals surface area contributed by atoms with Gasteiger partial charge in [0, 0.05) is 7.05 Å². The summed E-state index contributed by atoms with van der Waals surface area (Å²) in [6.07, 6.45) is 1.34. The first-order valence-electron chi connectivity index (χ1n) is 4.94. The molecule has 88 valence electrons. The molecular weight excluding hydrogens is 223 g/mol. The van der Waals surface area contributed by atoms with Gasteiger partial charge in [-0.2, -0.15) is 5.10 Å². The summed E-state index contributed by atoms with van der Waals surface area (Å²) in [4.78, 5) is 0. The SMILES string of the molecule is Cn1ncc(OB(O)O)c1Oc1ccccc1. The van der Waals surface area contributed by atoms with Gasteiger partial charge in [-0.25, -0.2) is 4.68 Å². The molecule has 0 aliphatic carbocycles. The zero-order valence-electron chi connectivity index (χ0n) is 9.15. The van der Waals surface area contributed by atoms with Gasteiger partial charge in [-0.3, -0.25) is 0 Å². The van der Waals surface area contributed by atoms with E-state index in [0.29, 0.717) is 11.6 Å². The highest BCUT2D eigenvalue weighted by Gasteiger charge is 2.19. The summed E-state index contributed by atoms with van der Waals surface area (Å²) in [5, 5.41) is 21.4. The number of hydrogen-bond donors (Lipinski definition) is 2. The lowest BCUT2D eigenvalue weighted by Crippen LogP contribution is -2.20. The summed E-state index contributed by atoms with van der Waals surface area (Å²) in [5.74, 6) is 1.06. The topological polar surface area (TPSA) is 76.7 Å². The summed E-state index contributed by atoms with van der Waals surface area (Å²) in [6, 6.07) is 9.06. The van der Waals surface area contributed by atoms with Gasteiger partial charge in [0.2, 0.25) is 0 Å².